The molecule has 222 valence electrons. The molecule has 0 fully saturated rings. The summed E-state index contributed by atoms with van der Waals surface area (Å²) in [5, 5.41) is 13.2. The summed E-state index contributed by atoms with van der Waals surface area (Å²) in [7, 11) is -3.45. The van der Waals surface area contributed by atoms with E-state index in [1.54, 1.807) is 30.3 Å². The van der Waals surface area contributed by atoms with Crippen LogP contribution in [0.3, 0.4) is 0 Å². The Bertz CT molecular complexity index is 1400. The Hall–Kier alpha value is -2.90. The predicted molar refractivity (Wildman–Crippen MR) is 169 cm³/mol. The monoisotopic (exact) mass is 578 g/mol. The first-order valence-electron chi connectivity index (χ1n) is 15.0. The Morgan fingerprint density at radius 3 is 2.24 bits per heavy atom. The van der Waals surface area contributed by atoms with Gasteiger partial charge in [-0.05, 0) is 68.4 Å². The Balaban J connectivity index is 1.09. The van der Waals surface area contributed by atoms with Gasteiger partial charge in [0, 0.05) is 6.54 Å². The fourth-order valence-corrected chi connectivity index (χ4v) is 7.43. The summed E-state index contributed by atoms with van der Waals surface area (Å²) in [6.07, 6.45) is 13.4. The Morgan fingerprint density at radius 2 is 1.59 bits per heavy atom. The van der Waals surface area contributed by atoms with Crippen molar-refractivity contribution in [1.29, 1.82) is 0 Å². The van der Waals surface area contributed by atoms with Gasteiger partial charge in [0.05, 0.1) is 34.1 Å². The van der Waals surface area contributed by atoms with Gasteiger partial charge in [0.1, 0.15) is 5.75 Å². The fourth-order valence-electron chi connectivity index (χ4n) is 6.36. The molecule has 0 aromatic heterocycles. The molecule has 2 aromatic carbocycles. The lowest BCUT2D eigenvalue weighted by Crippen LogP contribution is -2.36. The molecule has 0 unspecified atom stereocenters. The van der Waals surface area contributed by atoms with Crippen molar-refractivity contribution in [2.75, 3.05) is 13.2 Å². The number of unbranched alkanes of at least 4 members (excludes halogenated alkanes) is 7. The van der Waals surface area contributed by atoms with Crippen LogP contribution in [0.1, 0.15) is 96.6 Å². The highest BCUT2D eigenvalue weighted by atomic mass is 32.2. The number of rotatable bonds is 15. The predicted octanol–water partition coefficient (Wildman–Crippen LogP) is 8.24. The quantitative estimate of drug-likeness (QED) is 0.131. The summed E-state index contributed by atoms with van der Waals surface area (Å²) < 4.78 is 34.6. The van der Waals surface area contributed by atoms with E-state index in [2.05, 4.69) is 45.1 Å². The molecule has 4 rings (SSSR count). The number of allylic oxidation sites excluding steroid dienone is 2. The van der Waals surface area contributed by atoms with E-state index >= 15 is 0 Å². The van der Waals surface area contributed by atoms with Gasteiger partial charge < -0.3 is 9.94 Å². The molecule has 0 radical (unpaired) electrons. The van der Waals surface area contributed by atoms with E-state index in [9.17, 15) is 13.6 Å². The number of sulfonamides is 1. The molecular weight excluding hydrogens is 532 g/mol. The lowest BCUT2D eigenvalue weighted by molar-refractivity contribution is -0.361. The third-order valence-electron chi connectivity index (χ3n) is 8.07. The first-order valence-corrected chi connectivity index (χ1v) is 16.5. The van der Waals surface area contributed by atoms with Crippen molar-refractivity contribution in [2.45, 2.75) is 90.4 Å². The molecule has 0 bridgehead atoms. The van der Waals surface area contributed by atoms with Crippen molar-refractivity contribution in [2.24, 2.45) is 10.8 Å². The number of nitrogens with one attached hydrogen (secondary N) is 1. The molecule has 1 aliphatic heterocycles. The van der Waals surface area contributed by atoms with E-state index in [1.807, 2.05) is 18.2 Å². The van der Waals surface area contributed by atoms with E-state index < -0.39 is 10.0 Å². The third-order valence-corrected chi connectivity index (χ3v) is 9.55. The van der Waals surface area contributed by atoms with Gasteiger partial charge in [-0.1, -0.05) is 83.2 Å². The van der Waals surface area contributed by atoms with E-state index in [0.29, 0.717) is 18.8 Å². The van der Waals surface area contributed by atoms with E-state index in [4.69, 9.17) is 4.74 Å². The zero-order valence-electron chi connectivity index (χ0n) is 25.2. The second-order valence-corrected chi connectivity index (χ2v) is 14.5. The van der Waals surface area contributed by atoms with Crippen molar-refractivity contribution in [3.8, 4) is 5.75 Å². The molecule has 0 atom stereocenters. The van der Waals surface area contributed by atoms with Crippen LogP contribution in [-0.2, 0) is 10.0 Å². The Kier molecular flexibility index (Phi) is 9.81. The Labute approximate surface area is 246 Å². The van der Waals surface area contributed by atoms with Crippen LogP contribution < -0.4 is 9.46 Å². The molecule has 1 heterocycles. The van der Waals surface area contributed by atoms with Crippen LogP contribution in [0.5, 0.6) is 5.75 Å². The van der Waals surface area contributed by atoms with Crippen LogP contribution in [0, 0.1) is 16.0 Å². The zero-order chi connectivity index (χ0) is 29.7. The second kappa shape index (κ2) is 13.0. The van der Waals surface area contributed by atoms with Crippen LogP contribution in [0.4, 0.5) is 5.69 Å². The lowest BCUT2D eigenvalue weighted by atomic mass is 9.65. The van der Waals surface area contributed by atoms with Gasteiger partial charge >= 0.3 is 0 Å². The van der Waals surface area contributed by atoms with Crippen molar-refractivity contribution in [3.63, 3.8) is 0 Å². The number of ether oxygens (including phenoxy) is 1. The van der Waals surface area contributed by atoms with Crippen LogP contribution in [0.2, 0.25) is 0 Å². The lowest BCUT2D eigenvalue weighted by Gasteiger charge is -2.36. The van der Waals surface area contributed by atoms with E-state index in [-0.39, 0.29) is 15.7 Å². The Morgan fingerprint density at radius 1 is 0.951 bits per heavy atom. The molecule has 7 heteroatoms. The second-order valence-electron chi connectivity index (χ2n) is 12.8. The maximum absolute atomic E-state index is 13.2. The maximum atomic E-state index is 13.2. The smallest absolute Gasteiger partial charge is 0.240 e. The highest BCUT2D eigenvalue weighted by molar-refractivity contribution is 7.89. The summed E-state index contributed by atoms with van der Waals surface area (Å²) in [5.74, 6) is 0.755. The molecule has 0 amide bonds. The van der Waals surface area contributed by atoms with Crippen LogP contribution >= 0.6 is 0 Å². The average Bonchev–Trinajstić information content (AvgIpc) is 3.19. The molecule has 1 aliphatic carbocycles. The van der Waals surface area contributed by atoms with Gasteiger partial charge in [0.25, 0.3) is 0 Å². The average molecular weight is 579 g/mol. The van der Waals surface area contributed by atoms with Gasteiger partial charge in [-0.2, -0.15) is 4.74 Å². The topological polar surface area (TPSA) is 81.5 Å². The van der Waals surface area contributed by atoms with Crippen LogP contribution in [0.15, 0.2) is 60.0 Å². The standard InChI is InChI=1S/C34H46N2O4S/c1-6-26-15-18-28(19-16-26)41(38,39)35-21-13-11-9-7-8-10-12-14-22-40-27-17-20-29-30-24-33(2,3)25-34(4,5)32(30)36(37)31(29)23-27/h6,15-20,23-24,35H,1,7-14,21-22,25H2,2-5H3. The van der Waals surface area contributed by atoms with Crippen molar-refractivity contribution < 1.29 is 17.9 Å². The molecule has 41 heavy (non-hydrogen) atoms. The minimum atomic E-state index is -3.45. The van der Waals surface area contributed by atoms with Gasteiger partial charge in [-0.25, -0.2) is 13.1 Å². The van der Waals surface area contributed by atoms with Gasteiger partial charge in [-0.15, -0.1) is 0 Å². The molecule has 2 aliphatic rings. The van der Waals surface area contributed by atoms with Crippen molar-refractivity contribution in [3.05, 3.63) is 71.5 Å². The maximum Gasteiger partial charge on any atom is 0.240 e. The molecule has 6 nitrogen and oxygen atoms in total. The highest BCUT2D eigenvalue weighted by Crippen LogP contribution is 2.51. The first kappa shape index (κ1) is 31.0. The fraction of sp³-hybridized carbons (Fsp3) is 0.500. The van der Waals surface area contributed by atoms with Crippen LogP contribution in [-0.4, -0.2) is 32.0 Å². The zero-order valence-corrected chi connectivity index (χ0v) is 26.0. The SMILES string of the molecule is C=Cc1ccc(S(=O)(=O)NCCCCCCCCCCOc2ccc3c(c2)[N+]([O-])=C2C3=CC(C)(C)CC2(C)C)cc1. The minimum absolute atomic E-state index is 0.0552. The van der Waals surface area contributed by atoms with Gasteiger partial charge in [-0.3, -0.25) is 0 Å². The molecule has 1 N–H and O–H groups in total. The number of hydrogen-bond donors (Lipinski definition) is 1. The van der Waals surface area contributed by atoms with E-state index in [1.165, 1.54) is 6.42 Å². The summed E-state index contributed by atoms with van der Waals surface area (Å²) in [5.41, 5.74) is 4.45. The minimum Gasteiger partial charge on any atom is -0.618 e. The van der Waals surface area contributed by atoms with Crippen LogP contribution in [0.25, 0.3) is 11.6 Å². The molecular formula is C34H46N2O4S. The largest absolute Gasteiger partial charge is 0.618 e. The van der Waals surface area contributed by atoms with Gasteiger partial charge in [0.2, 0.25) is 21.4 Å². The molecule has 0 spiro atoms. The number of benzene rings is 2. The molecule has 2 aromatic rings. The van der Waals surface area contributed by atoms with Crippen molar-refractivity contribution >= 4 is 33.1 Å². The molecule has 0 saturated heterocycles. The summed E-state index contributed by atoms with van der Waals surface area (Å²) in [4.78, 5) is 0.290. The number of nitrogens with zero attached hydrogens (tertiary/aromatic N) is 1. The van der Waals surface area contributed by atoms with Gasteiger partial charge in [0.15, 0.2) is 0 Å². The first-order chi connectivity index (χ1) is 19.4. The van der Waals surface area contributed by atoms with E-state index in [0.717, 1.165) is 84.3 Å². The number of hydrogen-bond acceptors (Lipinski definition) is 4. The summed E-state index contributed by atoms with van der Waals surface area (Å²) >= 11 is 0. The third kappa shape index (κ3) is 7.69. The summed E-state index contributed by atoms with van der Waals surface area (Å²) in [6.45, 7) is 13.6. The van der Waals surface area contributed by atoms with Crippen molar-refractivity contribution in [1.82, 2.24) is 4.72 Å². The highest BCUT2D eigenvalue weighted by Gasteiger charge is 2.48. The normalized spacial score (nSPS) is 17.1. The molecule has 0 saturated carbocycles. The number of fused-ring (bicyclic) bond motifs is 3. The summed E-state index contributed by atoms with van der Waals surface area (Å²) in [6, 6.07) is 12.7.